The number of aromatic nitrogens is 2. The Bertz CT molecular complexity index is 1610. The second kappa shape index (κ2) is 12.5. The molecule has 5 rings (SSSR count). The number of para-hydroxylation sites is 1. The molecule has 1 aromatic heterocycles. The second-order valence-corrected chi connectivity index (χ2v) is 10.6. The van der Waals surface area contributed by atoms with Gasteiger partial charge in [0.25, 0.3) is 5.56 Å². The average molecular weight is 605 g/mol. The van der Waals surface area contributed by atoms with E-state index in [1.54, 1.807) is 42.6 Å². The molecule has 206 valence electrons. The zero-order valence-corrected chi connectivity index (χ0v) is 23.8. The number of halogens is 1. The smallest absolute Gasteiger partial charge is 0.335 e. The first-order valence-electron chi connectivity index (χ1n) is 13.4. The van der Waals surface area contributed by atoms with Crippen LogP contribution >= 0.6 is 15.9 Å². The molecule has 8 nitrogen and oxygen atoms in total. The lowest BCUT2D eigenvalue weighted by atomic mass is 9.88. The number of aromatic carboxylic acids is 1. The number of benzene rings is 3. The van der Waals surface area contributed by atoms with E-state index in [-0.39, 0.29) is 23.6 Å². The van der Waals surface area contributed by atoms with Crippen molar-refractivity contribution in [2.24, 2.45) is 5.10 Å². The Morgan fingerprint density at radius 2 is 1.80 bits per heavy atom. The molecule has 3 aromatic carbocycles. The van der Waals surface area contributed by atoms with Gasteiger partial charge in [-0.05, 0) is 77.7 Å². The minimum Gasteiger partial charge on any atom is -0.490 e. The lowest BCUT2D eigenvalue weighted by Gasteiger charge is -2.22. The summed E-state index contributed by atoms with van der Waals surface area (Å²) in [6, 6.07) is 17.6. The van der Waals surface area contributed by atoms with Crippen molar-refractivity contribution in [1.82, 2.24) is 9.66 Å². The van der Waals surface area contributed by atoms with Crippen LogP contribution < -0.4 is 15.0 Å². The summed E-state index contributed by atoms with van der Waals surface area (Å²) in [5.41, 5.74) is 2.28. The van der Waals surface area contributed by atoms with Gasteiger partial charge in [0.05, 0.1) is 29.3 Å². The Kier molecular flexibility index (Phi) is 8.60. The fraction of sp³-hybridized carbons (Fsp3) is 0.290. The highest BCUT2D eigenvalue weighted by atomic mass is 79.9. The monoisotopic (exact) mass is 603 g/mol. The van der Waals surface area contributed by atoms with Gasteiger partial charge in [0, 0.05) is 16.0 Å². The highest BCUT2D eigenvalue weighted by Gasteiger charge is 2.22. The van der Waals surface area contributed by atoms with Crippen LogP contribution in [-0.2, 0) is 6.61 Å². The lowest BCUT2D eigenvalue weighted by Crippen LogP contribution is -2.25. The number of rotatable bonds is 9. The van der Waals surface area contributed by atoms with Crippen molar-refractivity contribution in [3.8, 4) is 11.5 Å². The Balaban J connectivity index is 1.46. The van der Waals surface area contributed by atoms with Crippen molar-refractivity contribution in [3.63, 3.8) is 0 Å². The van der Waals surface area contributed by atoms with Crippen LogP contribution in [0.3, 0.4) is 0 Å². The Hall–Kier alpha value is -3.98. The van der Waals surface area contributed by atoms with Crippen molar-refractivity contribution < 1.29 is 19.4 Å². The van der Waals surface area contributed by atoms with Crippen LogP contribution in [0.15, 0.2) is 75.0 Å². The summed E-state index contributed by atoms with van der Waals surface area (Å²) in [5, 5.41) is 14.3. The van der Waals surface area contributed by atoms with Gasteiger partial charge in [-0.25, -0.2) is 9.78 Å². The van der Waals surface area contributed by atoms with Crippen LogP contribution in [0, 0.1) is 0 Å². The molecule has 0 aliphatic heterocycles. The van der Waals surface area contributed by atoms with E-state index in [4.69, 9.17) is 19.6 Å². The van der Waals surface area contributed by atoms with Gasteiger partial charge in [0.1, 0.15) is 12.4 Å². The normalized spacial score (nSPS) is 14.1. The van der Waals surface area contributed by atoms with Gasteiger partial charge in [0.2, 0.25) is 0 Å². The number of carboxylic acids is 1. The molecule has 0 radical (unpaired) electrons. The topological polar surface area (TPSA) is 103 Å². The van der Waals surface area contributed by atoms with E-state index >= 15 is 0 Å². The Morgan fingerprint density at radius 1 is 1.07 bits per heavy atom. The highest BCUT2D eigenvalue weighted by Crippen LogP contribution is 2.35. The lowest BCUT2D eigenvalue weighted by molar-refractivity contribution is 0.0697. The molecule has 0 amide bonds. The SMILES string of the molecule is CCOc1cc(C=Nn2c(C3CCCCC3)nc3ccccc3c2=O)c(Br)cc1OCc1ccc(C(=O)O)cc1. The van der Waals surface area contributed by atoms with Crippen molar-refractivity contribution in [1.29, 1.82) is 0 Å². The summed E-state index contributed by atoms with van der Waals surface area (Å²) in [6.45, 7) is 2.56. The quantitative estimate of drug-likeness (QED) is 0.212. The van der Waals surface area contributed by atoms with Crippen molar-refractivity contribution >= 4 is 39.0 Å². The Labute approximate surface area is 240 Å². The number of hydrogen-bond acceptors (Lipinski definition) is 6. The molecule has 1 saturated carbocycles. The van der Waals surface area contributed by atoms with E-state index in [9.17, 15) is 9.59 Å². The van der Waals surface area contributed by atoms with E-state index in [0.29, 0.717) is 34.8 Å². The summed E-state index contributed by atoms with van der Waals surface area (Å²) in [7, 11) is 0. The first-order chi connectivity index (χ1) is 19.4. The Morgan fingerprint density at radius 3 is 2.52 bits per heavy atom. The van der Waals surface area contributed by atoms with Crippen LogP contribution in [0.1, 0.15) is 72.3 Å². The molecule has 0 atom stereocenters. The zero-order valence-electron chi connectivity index (χ0n) is 22.2. The van der Waals surface area contributed by atoms with Crippen molar-refractivity contribution in [2.75, 3.05) is 6.61 Å². The van der Waals surface area contributed by atoms with Gasteiger partial charge in [-0.15, -0.1) is 0 Å². The molecule has 1 aliphatic rings. The van der Waals surface area contributed by atoms with Gasteiger partial charge in [0.15, 0.2) is 11.5 Å². The van der Waals surface area contributed by atoms with Gasteiger partial charge in [-0.1, -0.05) is 43.5 Å². The fourth-order valence-corrected chi connectivity index (χ4v) is 5.36. The van der Waals surface area contributed by atoms with Crippen LogP contribution in [0.2, 0.25) is 0 Å². The van der Waals surface area contributed by atoms with Gasteiger partial charge in [-0.3, -0.25) is 4.79 Å². The highest BCUT2D eigenvalue weighted by molar-refractivity contribution is 9.10. The first-order valence-corrected chi connectivity index (χ1v) is 14.2. The minimum atomic E-state index is -0.972. The fourth-order valence-electron chi connectivity index (χ4n) is 4.93. The molecule has 0 saturated heterocycles. The van der Waals surface area contributed by atoms with Crippen LogP contribution in [0.5, 0.6) is 11.5 Å². The third-order valence-electron chi connectivity index (χ3n) is 7.02. The summed E-state index contributed by atoms with van der Waals surface area (Å²) in [4.78, 5) is 29.5. The zero-order chi connectivity index (χ0) is 28.1. The maximum Gasteiger partial charge on any atom is 0.335 e. The molecule has 1 N–H and O–H groups in total. The number of carbonyl (C=O) groups is 1. The number of ether oxygens (including phenoxy) is 2. The molecule has 9 heteroatoms. The minimum absolute atomic E-state index is 0.183. The van der Waals surface area contributed by atoms with Gasteiger partial charge >= 0.3 is 5.97 Å². The summed E-state index contributed by atoms with van der Waals surface area (Å²) < 4.78 is 14.1. The molecular weight excluding hydrogens is 574 g/mol. The van der Waals surface area contributed by atoms with Crippen LogP contribution in [0.4, 0.5) is 0 Å². The number of carboxylic acid groups (broad SMARTS) is 1. The van der Waals surface area contributed by atoms with Gasteiger partial charge < -0.3 is 14.6 Å². The van der Waals surface area contributed by atoms with E-state index in [1.807, 2.05) is 31.2 Å². The molecule has 1 heterocycles. The van der Waals surface area contributed by atoms with E-state index in [0.717, 1.165) is 41.3 Å². The molecule has 0 spiro atoms. The molecule has 4 aromatic rings. The predicted octanol–water partition coefficient (Wildman–Crippen LogP) is 6.76. The van der Waals surface area contributed by atoms with Crippen LogP contribution in [0.25, 0.3) is 10.9 Å². The summed E-state index contributed by atoms with van der Waals surface area (Å²) in [6.07, 6.45) is 7.06. The maximum atomic E-state index is 13.5. The molecule has 0 bridgehead atoms. The number of hydrogen-bond donors (Lipinski definition) is 1. The standard InChI is InChI=1S/C31H30BrN3O5/c1-2-39-27-16-23(25(32)17-28(27)40-19-20-12-14-22(15-13-20)31(37)38)18-33-35-29(21-8-4-3-5-9-21)34-26-11-7-6-10-24(26)30(35)36/h6-7,10-18,21H,2-5,8-9,19H2,1H3,(H,37,38). The largest absolute Gasteiger partial charge is 0.490 e. The number of fused-ring (bicyclic) bond motifs is 1. The number of nitrogens with zero attached hydrogens (tertiary/aromatic N) is 3. The molecule has 40 heavy (non-hydrogen) atoms. The second-order valence-electron chi connectivity index (χ2n) is 9.73. The van der Waals surface area contributed by atoms with E-state index < -0.39 is 5.97 Å². The van der Waals surface area contributed by atoms with E-state index in [2.05, 4.69) is 21.0 Å². The summed E-state index contributed by atoms with van der Waals surface area (Å²) in [5.74, 6) is 0.979. The van der Waals surface area contributed by atoms with Gasteiger partial charge in [-0.2, -0.15) is 9.78 Å². The third kappa shape index (κ3) is 6.09. The van der Waals surface area contributed by atoms with Crippen LogP contribution in [-0.4, -0.2) is 33.6 Å². The maximum absolute atomic E-state index is 13.5. The average Bonchev–Trinajstić information content (AvgIpc) is 2.98. The molecule has 1 fully saturated rings. The van der Waals surface area contributed by atoms with E-state index in [1.165, 1.54) is 11.1 Å². The predicted molar refractivity (Wildman–Crippen MR) is 158 cm³/mol. The molecule has 0 unspecified atom stereocenters. The summed E-state index contributed by atoms with van der Waals surface area (Å²) >= 11 is 3.62. The van der Waals surface area contributed by atoms with Crippen molar-refractivity contribution in [3.05, 3.63) is 98.0 Å². The first kappa shape index (κ1) is 27.6. The molecular formula is C31H30BrN3O5. The third-order valence-corrected chi connectivity index (χ3v) is 7.71. The van der Waals surface area contributed by atoms with Crippen molar-refractivity contribution in [2.45, 2.75) is 51.6 Å². The molecule has 1 aliphatic carbocycles.